The normalized spacial score (nSPS) is 10.6. The number of ketones is 1. The van der Waals surface area contributed by atoms with E-state index in [9.17, 15) is 14.4 Å². The van der Waals surface area contributed by atoms with Gasteiger partial charge in [0, 0.05) is 16.1 Å². The Labute approximate surface area is 197 Å². The van der Waals surface area contributed by atoms with Crippen molar-refractivity contribution in [2.24, 2.45) is 0 Å². The van der Waals surface area contributed by atoms with Crippen LogP contribution in [0.3, 0.4) is 0 Å². The molecule has 33 heavy (non-hydrogen) atoms. The van der Waals surface area contributed by atoms with Crippen molar-refractivity contribution in [3.63, 3.8) is 0 Å². The molecule has 9 heteroatoms. The monoisotopic (exact) mass is 480 g/mol. The summed E-state index contributed by atoms with van der Waals surface area (Å²) in [4.78, 5) is 42.1. The van der Waals surface area contributed by atoms with Crippen molar-refractivity contribution in [2.75, 3.05) is 19.0 Å². The molecule has 1 N–H and O–H groups in total. The molecule has 4 aromatic rings. The Bertz CT molecular complexity index is 1350. The predicted molar refractivity (Wildman–Crippen MR) is 126 cm³/mol. The van der Waals surface area contributed by atoms with Gasteiger partial charge in [-0.3, -0.25) is 14.9 Å². The topological polar surface area (TPSA) is 94.6 Å². The molecule has 4 rings (SSSR count). The number of nitrogens with zero attached hydrogens (tertiary/aromatic N) is 1. The van der Waals surface area contributed by atoms with Crippen LogP contribution in [0.1, 0.15) is 26.3 Å². The quantitative estimate of drug-likeness (QED) is 0.296. The van der Waals surface area contributed by atoms with Gasteiger partial charge >= 0.3 is 5.97 Å². The predicted octanol–water partition coefficient (Wildman–Crippen LogP) is 4.98. The lowest BCUT2D eigenvalue weighted by Gasteiger charge is -2.09. The van der Waals surface area contributed by atoms with Crippen LogP contribution in [0.25, 0.3) is 10.2 Å². The number of carbonyl (C=O) groups excluding carboxylic acids is 3. The Hall–Kier alpha value is -3.75. The summed E-state index contributed by atoms with van der Waals surface area (Å²) < 4.78 is 11.2. The van der Waals surface area contributed by atoms with Crippen LogP contribution in [0.15, 0.2) is 66.7 Å². The summed E-state index contributed by atoms with van der Waals surface area (Å²) in [5, 5.41) is 3.49. The van der Waals surface area contributed by atoms with E-state index in [2.05, 4.69) is 10.3 Å². The summed E-state index contributed by atoms with van der Waals surface area (Å²) in [5.41, 5.74) is 1.33. The second-order valence-electron chi connectivity index (χ2n) is 6.86. The number of thiazole rings is 1. The number of rotatable bonds is 7. The van der Waals surface area contributed by atoms with Crippen molar-refractivity contribution in [3.8, 4) is 5.75 Å². The smallest absolute Gasteiger partial charge is 0.339 e. The largest absolute Gasteiger partial charge is 0.497 e. The zero-order valence-electron chi connectivity index (χ0n) is 17.3. The molecule has 0 bridgehead atoms. The maximum Gasteiger partial charge on any atom is 0.339 e. The fraction of sp³-hybridized carbons (Fsp3) is 0.0833. The lowest BCUT2D eigenvalue weighted by Crippen LogP contribution is -2.22. The van der Waals surface area contributed by atoms with Crippen LogP contribution in [0.5, 0.6) is 5.75 Å². The van der Waals surface area contributed by atoms with E-state index in [1.807, 2.05) is 6.07 Å². The Kier molecular flexibility index (Phi) is 6.67. The number of hydrogen-bond acceptors (Lipinski definition) is 7. The van der Waals surface area contributed by atoms with E-state index < -0.39 is 18.5 Å². The van der Waals surface area contributed by atoms with Gasteiger partial charge in [-0.15, -0.1) is 0 Å². The molecule has 0 aliphatic heterocycles. The standard InChI is InChI=1S/C24H17ClN2O5S/c1-31-16-10-11-19-20(12-16)33-24(26-19)27-21(28)13-32-23(30)18-5-3-2-4-17(18)22(29)14-6-8-15(25)9-7-14/h2-12H,13H2,1H3,(H,26,27,28). The first kappa shape index (κ1) is 22.4. The molecule has 1 amide bonds. The molecule has 1 heterocycles. The number of nitrogens with one attached hydrogen (secondary N) is 1. The van der Waals surface area contributed by atoms with Crippen molar-refractivity contribution in [1.82, 2.24) is 4.98 Å². The molecular weight excluding hydrogens is 464 g/mol. The maximum absolute atomic E-state index is 12.8. The van der Waals surface area contributed by atoms with E-state index >= 15 is 0 Å². The SMILES string of the molecule is COc1ccc2nc(NC(=O)COC(=O)c3ccccc3C(=O)c3ccc(Cl)cc3)sc2c1. The Balaban J connectivity index is 1.42. The molecule has 7 nitrogen and oxygen atoms in total. The molecule has 0 spiro atoms. The zero-order valence-corrected chi connectivity index (χ0v) is 18.9. The van der Waals surface area contributed by atoms with Gasteiger partial charge in [0.2, 0.25) is 0 Å². The van der Waals surface area contributed by atoms with Gasteiger partial charge in [-0.05, 0) is 48.5 Å². The highest BCUT2D eigenvalue weighted by atomic mass is 35.5. The average Bonchev–Trinajstić information content (AvgIpc) is 3.23. The number of carbonyl (C=O) groups is 3. The van der Waals surface area contributed by atoms with Crippen molar-refractivity contribution in [2.45, 2.75) is 0 Å². The number of ether oxygens (including phenoxy) is 2. The third-order valence-electron chi connectivity index (χ3n) is 4.67. The molecule has 0 saturated heterocycles. The highest BCUT2D eigenvalue weighted by molar-refractivity contribution is 7.22. The van der Waals surface area contributed by atoms with Gasteiger partial charge in [-0.25, -0.2) is 9.78 Å². The maximum atomic E-state index is 12.8. The van der Waals surface area contributed by atoms with Crippen molar-refractivity contribution in [1.29, 1.82) is 0 Å². The van der Waals surface area contributed by atoms with Gasteiger partial charge in [0.05, 0.1) is 22.9 Å². The average molecular weight is 481 g/mol. The molecule has 1 aromatic heterocycles. The van der Waals surface area contributed by atoms with E-state index in [-0.39, 0.29) is 16.9 Å². The zero-order chi connectivity index (χ0) is 23.4. The van der Waals surface area contributed by atoms with Crippen LogP contribution >= 0.6 is 22.9 Å². The molecule has 0 aliphatic carbocycles. The third-order valence-corrected chi connectivity index (χ3v) is 5.86. The molecule has 0 unspecified atom stereocenters. The van der Waals surface area contributed by atoms with Crippen LogP contribution in [0.4, 0.5) is 5.13 Å². The number of methoxy groups -OCH3 is 1. The molecule has 166 valence electrons. The first-order valence-electron chi connectivity index (χ1n) is 9.75. The van der Waals surface area contributed by atoms with Crippen molar-refractivity contribution >= 4 is 55.9 Å². The molecule has 0 saturated carbocycles. The van der Waals surface area contributed by atoms with Gasteiger partial charge in [-0.1, -0.05) is 41.1 Å². The molecule has 0 atom stereocenters. The van der Waals surface area contributed by atoms with Crippen LogP contribution in [-0.4, -0.2) is 36.4 Å². The summed E-state index contributed by atoms with van der Waals surface area (Å²) in [6, 6.07) is 18.0. The van der Waals surface area contributed by atoms with Crippen LogP contribution in [0.2, 0.25) is 5.02 Å². The van der Waals surface area contributed by atoms with E-state index in [1.165, 1.54) is 23.5 Å². The van der Waals surface area contributed by atoms with Gasteiger partial charge in [0.15, 0.2) is 17.5 Å². The van der Waals surface area contributed by atoms with Gasteiger partial charge in [-0.2, -0.15) is 0 Å². The number of fused-ring (bicyclic) bond motifs is 1. The van der Waals surface area contributed by atoms with Crippen molar-refractivity contribution in [3.05, 3.63) is 88.4 Å². The van der Waals surface area contributed by atoms with Crippen LogP contribution in [0, 0.1) is 0 Å². The number of halogens is 1. The molecule has 0 fully saturated rings. The lowest BCUT2D eigenvalue weighted by atomic mass is 9.98. The fourth-order valence-electron chi connectivity index (χ4n) is 3.07. The minimum absolute atomic E-state index is 0.0670. The molecule has 3 aromatic carbocycles. The minimum atomic E-state index is -0.780. The van der Waals surface area contributed by atoms with E-state index in [1.54, 1.807) is 55.6 Å². The minimum Gasteiger partial charge on any atom is -0.497 e. The van der Waals surface area contributed by atoms with E-state index in [0.717, 1.165) is 4.70 Å². The summed E-state index contributed by atoms with van der Waals surface area (Å²) in [6.45, 7) is -0.526. The number of amides is 1. The van der Waals surface area contributed by atoms with Crippen LogP contribution in [-0.2, 0) is 9.53 Å². The first-order chi connectivity index (χ1) is 15.9. The number of anilines is 1. The van der Waals surface area contributed by atoms with E-state index in [0.29, 0.717) is 27.0 Å². The second-order valence-corrected chi connectivity index (χ2v) is 8.33. The molecule has 0 radical (unpaired) electrons. The molecule has 0 aliphatic rings. The number of benzene rings is 3. The summed E-state index contributed by atoms with van der Waals surface area (Å²) in [5.74, 6) is -0.994. The molecular formula is C24H17ClN2O5S. The first-order valence-corrected chi connectivity index (χ1v) is 10.9. The van der Waals surface area contributed by atoms with Crippen molar-refractivity contribution < 1.29 is 23.9 Å². The summed E-state index contributed by atoms with van der Waals surface area (Å²) in [7, 11) is 1.57. The highest BCUT2D eigenvalue weighted by Crippen LogP contribution is 2.29. The van der Waals surface area contributed by atoms with Gasteiger partial charge in [0.1, 0.15) is 5.75 Å². The number of hydrogen-bond donors (Lipinski definition) is 1. The second kappa shape index (κ2) is 9.81. The third kappa shape index (κ3) is 5.19. The summed E-state index contributed by atoms with van der Waals surface area (Å²) in [6.07, 6.45) is 0. The Morgan fingerprint density at radius 1 is 1.00 bits per heavy atom. The van der Waals surface area contributed by atoms with Crippen LogP contribution < -0.4 is 10.1 Å². The number of esters is 1. The summed E-state index contributed by atoms with van der Waals surface area (Å²) >= 11 is 7.15. The Morgan fingerprint density at radius 2 is 1.73 bits per heavy atom. The van der Waals surface area contributed by atoms with Gasteiger partial charge in [0.25, 0.3) is 5.91 Å². The Morgan fingerprint density at radius 3 is 2.45 bits per heavy atom. The van der Waals surface area contributed by atoms with Gasteiger partial charge < -0.3 is 9.47 Å². The number of aromatic nitrogens is 1. The lowest BCUT2D eigenvalue weighted by molar-refractivity contribution is -0.119. The van der Waals surface area contributed by atoms with E-state index in [4.69, 9.17) is 21.1 Å². The fourth-order valence-corrected chi connectivity index (χ4v) is 4.10. The highest BCUT2D eigenvalue weighted by Gasteiger charge is 2.20.